The lowest BCUT2D eigenvalue weighted by Gasteiger charge is -2.16. The summed E-state index contributed by atoms with van der Waals surface area (Å²) in [7, 11) is 3.09. The van der Waals surface area contributed by atoms with Crippen molar-refractivity contribution >= 4 is 16.6 Å². The Morgan fingerprint density at radius 3 is 2.03 bits per heavy atom. The molecule has 148 valence electrons. The van der Waals surface area contributed by atoms with Crippen molar-refractivity contribution in [2.45, 2.75) is 6.54 Å². The van der Waals surface area contributed by atoms with Crippen LogP contribution in [0, 0.1) is 0 Å². The maximum absolute atomic E-state index is 13.5. The number of carbonyl (C=O) groups excluding carboxylic acids is 1. The molecule has 1 aromatic heterocycles. The second-order valence-electron chi connectivity index (χ2n) is 7.23. The first kappa shape index (κ1) is 18.2. The fourth-order valence-corrected chi connectivity index (χ4v) is 4.22. The molecule has 1 aliphatic carbocycles. The summed E-state index contributed by atoms with van der Waals surface area (Å²) >= 11 is 0. The minimum atomic E-state index is -0.122. The Labute approximate surface area is 173 Å². The molecule has 4 aromatic rings. The molecule has 0 fully saturated rings. The summed E-state index contributed by atoms with van der Waals surface area (Å²) in [5, 5.41) is 1.20. The molecule has 5 nitrogen and oxygen atoms in total. The molecule has 5 heteroatoms. The van der Waals surface area contributed by atoms with E-state index in [0.29, 0.717) is 51.2 Å². The molecule has 0 saturated carbocycles. The molecule has 1 heterocycles. The smallest absolute Gasteiger partial charge is 0.259 e. The zero-order chi connectivity index (χ0) is 20.8. The molecule has 3 aromatic carbocycles. The number of aromatic nitrogens is 1. The van der Waals surface area contributed by atoms with Crippen molar-refractivity contribution in [1.82, 2.24) is 4.57 Å². The number of rotatable bonds is 4. The Kier molecular flexibility index (Phi) is 4.17. The van der Waals surface area contributed by atoms with Crippen LogP contribution >= 0.6 is 0 Å². The fourth-order valence-electron chi connectivity index (χ4n) is 4.22. The molecule has 0 saturated heterocycles. The van der Waals surface area contributed by atoms with Gasteiger partial charge in [-0.3, -0.25) is 9.59 Å². The van der Waals surface area contributed by atoms with Gasteiger partial charge in [-0.2, -0.15) is 0 Å². The number of nitrogens with zero attached hydrogens (tertiary/aromatic N) is 1. The Morgan fingerprint density at radius 2 is 1.37 bits per heavy atom. The maximum Gasteiger partial charge on any atom is 0.259 e. The van der Waals surface area contributed by atoms with Crippen LogP contribution in [0.4, 0.5) is 0 Å². The van der Waals surface area contributed by atoms with Gasteiger partial charge in [0, 0.05) is 21.9 Å². The van der Waals surface area contributed by atoms with Crippen LogP contribution < -0.4 is 15.0 Å². The largest absolute Gasteiger partial charge is 0.493 e. The number of hydrogen-bond donors (Lipinski definition) is 0. The summed E-state index contributed by atoms with van der Waals surface area (Å²) in [6, 6.07) is 20.5. The second-order valence-corrected chi connectivity index (χ2v) is 7.23. The molecule has 0 bridgehead atoms. The van der Waals surface area contributed by atoms with Crippen molar-refractivity contribution in [2.75, 3.05) is 14.2 Å². The van der Waals surface area contributed by atoms with E-state index in [-0.39, 0.29) is 11.3 Å². The molecule has 0 amide bonds. The van der Waals surface area contributed by atoms with Crippen LogP contribution in [-0.4, -0.2) is 24.6 Å². The van der Waals surface area contributed by atoms with E-state index < -0.39 is 0 Å². The van der Waals surface area contributed by atoms with Crippen LogP contribution in [0.3, 0.4) is 0 Å². The molecule has 0 aliphatic heterocycles. The van der Waals surface area contributed by atoms with Gasteiger partial charge in [0.15, 0.2) is 17.3 Å². The van der Waals surface area contributed by atoms with Gasteiger partial charge in [-0.1, -0.05) is 48.5 Å². The summed E-state index contributed by atoms with van der Waals surface area (Å²) < 4.78 is 12.6. The van der Waals surface area contributed by atoms with Crippen LogP contribution in [-0.2, 0) is 6.54 Å². The average molecular weight is 397 g/mol. The second kappa shape index (κ2) is 6.88. The number of pyridine rings is 1. The van der Waals surface area contributed by atoms with E-state index in [1.807, 2.05) is 48.5 Å². The number of carbonyl (C=O) groups is 1. The summed E-state index contributed by atoms with van der Waals surface area (Å²) in [6.45, 7) is 0.369. The minimum absolute atomic E-state index is 0.112. The summed E-state index contributed by atoms with van der Waals surface area (Å²) in [5.74, 6) is 0.890. The first-order valence-electron chi connectivity index (χ1n) is 9.64. The number of benzene rings is 3. The van der Waals surface area contributed by atoms with Crippen molar-refractivity contribution < 1.29 is 14.3 Å². The fraction of sp³-hybridized carbons (Fsp3) is 0.120. The zero-order valence-corrected chi connectivity index (χ0v) is 16.6. The zero-order valence-electron chi connectivity index (χ0n) is 16.6. The van der Waals surface area contributed by atoms with Crippen molar-refractivity contribution in [3.05, 3.63) is 93.8 Å². The SMILES string of the molecule is COc1cc2c(cc1OC)-c1c(c3ccccc3c(=O)n1Cc1ccccc1)C2=O. The molecule has 30 heavy (non-hydrogen) atoms. The van der Waals surface area contributed by atoms with Crippen molar-refractivity contribution in [1.29, 1.82) is 0 Å². The summed E-state index contributed by atoms with van der Waals surface area (Å²) in [4.78, 5) is 27.0. The predicted octanol–water partition coefficient (Wildman–Crippen LogP) is 4.28. The Hall–Kier alpha value is -3.86. The molecular weight excluding hydrogens is 378 g/mol. The molecule has 0 radical (unpaired) electrons. The van der Waals surface area contributed by atoms with Gasteiger partial charge in [-0.05, 0) is 23.8 Å². The molecule has 0 spiro atoms. The highest BCUT2D eigenvalue weighted by atomic mass is 16.5. The van der Waals surface area contributed by atoms with Crippen molar-refractivity contribution in [3.8, 4) is 22.8 Å². The highest BCUT2D eigenvalue weighted by Gasteiger charge is 2.34. The number of ketones is 1. The van der Waals surface area contributed by atoms with E-state index in [2.05, 4.69) is 0 Å². The van der Waals surface area contributed by atoms with E-state index >= 15 is 0 Å². The number of ether oxygens (including phenoxy) is 2. The van der Waals surface area contributed by atoms with Crippen LogP contribution in [0.1, 0.15) is 21.5 Å². The third kappa shape index (κ3) is 2.55. The van der Waals surface area contributed by atoms with E-state index in [9.17, 15) is 9.59 Å². The van der Waals surface area contributed by atoms with Gasteiger partial charge in [-0.25, -0.2) is 0 Å². The van der Waals surface area contributed by atoms with Gasteiger partial charge >= 0.3 is 0 Å². The Bertz CT molecular complexity index is 1370. The van der Waals surface area contributed by atoms with Gasteiger partial charge in [-0.15, -0.1) is 0 Å². The van der Waals surface area contributed by atoms with Crippen LogP contribution in [0.15, 0.2) is 71.5 Å². The van der Waals surface area contributed by atoms with Gasteiger partial charge in [0.25, 0.3) is 5.56 Å². The molecule has 1 aliphatic rings. The van der Waals surface area contributed by atoms with Gasteiger partial charge in [0.2, 0.25) is 0 Å². The highest BCUT2D eigenvalue weighted by molar-refractivity contribution is 6.27. The monoisotopic (exact) mass is 397 g/mol. The Morgan fingerprint density at radius 1 is 0.767 bits per heavy atom. The van der Waals surface area contributed by atoms with Crippen LogP contribution in [0.25, 0.3) is 22.0 Å². The number of methoxy groups -OCH3 is 2. The molecule has 0 unspecified atom stereocenters. The average Bonchev–Trinajstić information content (AvgIpc) is 3.08. The summed E-state index contributed by atoms with van der Waals surface area (Å²) in [6.07, 6.45) is 0. The first-order valence-corrected chi connectivity index (χ1v) is 9.64. The molecular formula is C25H19NO4. The first-order chi connectivity index (χ1) is 14.6. The van der Waals surface area contributed by atoms with Crippen LogP contribution in [0.2, 0.25) is 0 Å². The van der Waals surface area contributed by atoms with Gasteiger partial charge in [0.1, 0.15) is 0 Å². The number of hydrogen-bond acceptors (Lipinski definition) is 4. The van der Waals surface area contributed by atoms with Crippen molar-refractivity contribution in [2.24, 2.45) is 0 Å². The normalized spacial score (nSPS) is 12.0. The molecule has 5 rings (SSSR count). The lowest BCUT2D eigenvalue weighted by molar-refractivity contribution is 0.104. The molecule has 0 atom stereocenters. The van der Waals surface area contributed by atoms with Gasteiger partial charge in [0.05, 0.1) is 32.0 Å². The third-order valence-electron chi connectivity index (χ3n) is 5.61. The van der Waals surface area contributed by atoms with Crippen molar-refractivity contribution in [3.63, 3.8) is 0 Å². The minimum Gasteiger partial charge on any atom is -0.493 e. The summed E-state index contributed by atoms with van der Waals surface area (Å²) in [5.41, 5.74) is 3.24. The predicted molar refractivity (Wildman–Crippen MR) is 116 cm³/mol. The van der Waals surface area contributed by atoms with Crippen LogP contribution in [0.5, 0.6) is 11.5 Å². The Balaban J connectivity index is 1.88. The van der Waals surface area contributed by atoms with Gasteiger partial charge < -0.3 is 14.0 Å². The number of fused-ring (bicyclic) bond motifs is 5. The van der Waals surface area contributed by atoms with E-state index in [1.54, 1.807) is 29.9 Å². The standard InChI is InChI=1S/C25H19NO4/c1-29-20-12-18-19(13-21(20)30-2)24(27)22-16-10-6-7-11-17(16)25(28)26(23(18)22)14-15-8-4-3-5-9-15/h3-13H,14H2,1-2H3. The quantitative estimate of drug-likeness (QED) is 0.454. The lowest BCUT2D eigenvalue weighted by atomic mass is 10.0. The molecule has 0 N–H and O–H groups in total. The third-order valence-corrected chi connectivity index (χ3v) is 5.61. The maximum atomic E-state index is 13.5. The van der Waals surface area contributed by atoms with E-state index in [1.165, 1.54) is 7.11 Å². The topological polar surface area (TPSA) is 57.5 Å². The van der Waals surface area contributed by atoms with E-state index in [0.717, 1.165) is 5.56 Å². The highest BCUT2D eigenvalue weighted by Crippen LogP contribution is 2.44. The van der Waals surface area contributed by atoms with E-state index in [4.69, 9.17) is 9.47 Å². The lowest BCUT2D eigenvalue weighted by Crippen LogP contribution is -2.23.